The van der Waals surface area contributed by atoms with Gasteiger partial charge >= 0.3 is 6.69 Å². The van der Waals surface area contributed by atoms with Gasteiger partial charge < -0.3 is 18.2 Å². The first-order valence-electron chi connectivity index (χ1n) is 37.9. The third kappa shape index (κ3) is 45.0. The molecule has 0 aliphatic carbocycles. The number of hydrogen-bond acceptors (Lipinski definition) is 3. The molecule has 0 saturated carbocycles. The number of nitrogens with zero attached hydrogens (tertiary/aromatic N) is 8. The van der Waals surface area contributed by atoms with Crippen molar-refractivity contribution < 1.29 is 18.4 Å². The Morgan fingerprint density at radius 1 is 0.450 bits per heavy atom. The van der Waals surface area contributed by atoms with Gasteiger partial charge in [-0.25, -0.2) is 10.2 Å². The lowest BCUT2D eigenvalue weighted by Crippen LogP contribution is -2.65. The molecule has 0 saturated heterocycles. The van der Waals surface area contributed by atoms with E-state index in [1.54, 1.807) is 19.3 Å². The molecular weight excluding hydrogens is 1220 g/mol. The van der Waals surface area contributed by atoms with Gasteiger partial charge in [0.2, 0.25) is 11.4 Å². The fourth-order valence-corrected chi connectivity index (χ4v) is 7.84. The Bertz CT molecular complexity index is 3010. The third-order valence-electron chi connectivity index (χ3n) is 13.0. The van der Waals surface area contributed by atoms with Crippen LogP contribution < -0.4 is 0 Å². The van der Waals surface area contributed by atoms with Crippen LogP contribution in [0.5, 0.6) is 0 Å². The zero-order valence-corrected chi connectivity index (χ0v) is 69.5. The molecule has 3 aromatic heterocycles. The molecule has 0 unspecified atom stereocenters. The number of allylic oxidation sites excluding steroid dienone is 6. The van der Waals surface area contributed by atoms with Gasteiger partial charge in [-0.05, 0) is 118 Å². The highest BCUT2D eigenvalue weighted by Gasteiger charge is 2.48. The van der Waals surface area contributed by atoms with Gasteiger partial charge in [0, 0.05) is 60.8 Å². The Hall–Kier alpha value is -8.76. The number of carbonyl (C=O) groups excluding carboxylic acids is 1. The van der Waals surface area contributed by atoms with Crippen LogP contribution in [-0.2, 0) is 0 Å². The van der Waals surface area contributed by atoms with Crippen molar-refractivity contribution in [2.24, 2.45) is 5.41 Å². The highest BCUT2D eigenvalue weighted by molar-refractivity contribution is 6.67. The molecular formula is C90H147BN8O+2. The number of benzene rings is 5. The van der Waals surface area contributed by atoms with Crippen LogP contribution in [0, 0.1) is 5.41 Å². The van der Waals surface area contributed by atoms with Gasteiger partial charge in [0.1, 0.15) is 12.4 Å². The highest BCUT2D eigenvalue weighted by Crippen LogP contribution is 2.20. The first-order valence-corrected chi connectivity index (χ1v) is 37.9. The highest BCUT2D eigenvalue weighted by atomic mass is 16.1. The number of ketones is 1. The summed E-state index contributed by atoms with van der Waals surface area (Å²) in [6.45, 7) is 67.1. The number of hydrogen-bond donors (Lipinski definition) is 0. The van der Waals surface area contributed by atoms with Crippen LogP contribution in [-0.4, -0.2) is 81.7 Å². The summed E-state index contributed by atoms with van der Waals surface area (Å²) in [5, 5.41) is 9.02. The van der Waals surface area contributed by atoms with Crippen molar-refractivity contribution in [1.82, 2.24) is 23.9 Å². The van der Waals surface area contributed by atoms with Crippen molar-refractivity contribution in [2.75, 3.05) is 13.1 Å². The van der Waals surface area contributed by atoms with E-state index in [1.807, 2.05) is 272 Å². The molecule has 10 heteroatoms. The maximum Gasteiger partial charge on any atom is 0.627 e. The molecule has 554 valence electrons. The molecule has 0 radical (unpaired) electrons. The monoisotopic (exact) mass is 1370 g/mol. The molecule has 0 amide bonds. The van der Waals surface area contributed by atoms with Crippen molar-refractivity contribution in [3.63, 3.8) is 0 Å². The summed E-state index contributed by atoms with van der Waals surface area (Å²) in [5.41, 5.74) is 10.2. The predicted octanol–water partition coefficient (Wildman–Crippen LogP) is 27.1. The fraction of sp³-hybridized carbons (Fsp3) is 0.400. The van der Waals surface area contributed by atoms with E-state index < -0.39 is 6.69 Å². The zero-order valence-electron chi connectivity index (χ0n) is 69.5. The Morgan fingerprint density at radius 3 is 0.990 bits per heavy atom. The van der Waals surface area contributed by atoms with E-state index in [-0.39, 0.29) is 5.78 Å². The van der Waals surface area contributed by atoms with Crippen LogP contribution in [0.1, 0.15) is 238 Å². The van der Waals surface area contributed by atoms with E-state index in [9.17, 15) is 4.79 Å². The lowest BCUT2D eigenvalue weighted by molar-refractivity contribution is -0.419. The molecule has 100 heavy (non-hydrogen) atoms. The molecule has 8 aromatic rings. The average Bonchev–Trinajstić information content (AvgIpc) is 1.53. The molecule has 0 bridgehead atoms. The largest absolute Gasteiger partial charge is 0.627 e. The minimum atomic E-state index is -1.58. The molecule has 5 aromatic carbocycles. The zero-order chi connectivity index (χ0) is 78.0. The van der Waals surface area contributed by atoms with E-state index >= 15 is 0 Å². The predicted molar refractivity (Wildman–Crippen MR) is 456 cm³/mol. The molecule has 9 nitrogen and oxygen atoms in total. The Labute approximate surface area is 617 Å². The number of aromatic nitrogens is 5. The van der Waals surface area contributed by atoms with Crippen molar-refractivity contribution in [1.29, 1.82) is 0 Å². The second kappa shape index (κ2) is 74.5. The average molecular weight is 1370 g/mol. The molecule has 0 fully saturated rings. The summed E-state index contributed by atoms with van der Waals surface area (Å²) in [6.07, 6.45) is 32.8. The first kappa shape index (κ1) is 105. The quantitative estimate of drug-likeness (QED) is 0.0626. The van der Waals surface area contributed by atoms with Crippen LogP contribution >= 0.6 is 0 Å². The van der Waals surface area contributed by atoms with E-state index in [0.29, 0.717) is 5.41 Å². The van der Waals surface area contributed by atoms with E-state index in [4.69, 9.17) is 0 Å². The molecule has 6 heterocycles. The number of Topliss-reactive ketones (excluding diaryl/α,β-unsaturated/α-hetero) is 1. The van der Waals surface area contributed by atoms with Crippen molar-refractivity contribution in [3.8, 4) is 11.1 Å². The van der Waals surface area contributed by atoms with Crippen LogP contribution in [0.25, 0.3) is 11.1 Å². The number of carbonyl (C=O) groups is 1. The van der Waals surface area contributed by atoms with E-state index in [0.717, 1.165) is 25.1 Å². The summed E-state index contributed by atoms with van der Waals surface area (Å²) >= 11 is 0. The SMILES string of the molecule is C1=CC[N+](c2ccccc2)=C1.C1=CC[N+](c2ccccc2)=C1.C1=C[N+]([B-](n2cccc2)(n2cccn2)n2cccn2)=CC1.C=C(C)C(C)=C(C)C.CC.CC.CC.CC.CC.CC.CC.CC.CC.CC.CC.CC(=O)c1ccccc1.CCC(C)(C)C.c1ccc(-c2ccccc2)cc1. The smallest absolute Gasteiger partial charge is 0.422 e. The Morgan fingerprint density at radius 2 is 0.770 bits per heavy atom. The molecule has 0 N–H and O–H groups in total. The summed E-state index contributed by atoms with van der Waals surface area (Å²) in [6, 6.07) is 58.7. The maximum absolute atomic E-state index is 10.6. The van der Waals surface area contributed by atoms with Crippen molar-refractivity contribution >= 4 is 42.5 Å². The van der Waals surface area contributed by atoms with Crippen molar-refractivity contribution in [3.05, 3.63) is 279 Å². The second-order valence-corrected chi connectivity index (χ2v) is 20.1. The Kier molecular flexibility index (Phi) is 78.0. The molecule has 0 spiro atoms. The summed E-state index contributed by atoms with van der Waals surface area (Å²) in [4.78, 5) is 10.6. The van der Waals surface area contributed by atoms with Gasteiger partial charge in [0.25, 0.3) is 0 Å². The van der Waals surface area contributed by atoms with Crippen LogP contribution in [0.2, 0.25) is 0 Å². The van der Waals surface area contributed by atoms with Gasteiger partial charge in [-0.1, -0.05) is 337 Å². The van der Waals surface area contributed by atoms with Gasteiger partial charge in [-0.2, -0.15) is 9.15 Å². The minimum Gasteiger partial charge on any atom is -0.422 e. The molecule has 3 aliphatic rings. The topological polar surface area (TPSA) is 66.7 Å². The fourth-order valence-electron chi connectivity index (χ4n) is 7.84. The van der Waals surface area contributed by atoms with E-state index in [2.05, 4.69) is 236 Å². The number of para-hydroxylation sites is 2. The van der Waals surface area contributed by atoms with Crippen LogP contribution in [0.4, 0.5) is 11.4 Å². The summed E-state index contributed by atoms with van der Waals surface area (Å²) in [5.74, 6) is 0.121. The van der Waals surface area contributed by atoms with Gasteiger partial charge in [-0.3, -0.25) is 4.79 Å². The normalized spacial score (nSPS) is 10.4. The molecule has 0 atom stereocenters. The van der Waals surface area contributed by atoms with Gasteiger partial charge in [-0.15, -0.1) is 0 Å². The second-order valence-electron chi connectivity index (χ2n) is 20.1. The lowest BCUT2D eigenvalue weighted by atomic mass is 9.73. The van der Waals surface area contributed by atoms with E-state index in [1.165, 1.54) is 45.6 Å². The van der Waals surface area contributed by atoms with Crippen LogP contribution in [0.15, 0.2) is 273 Å². The standard InChI is InChI=1S/C14H15BN6.C12H10.2C10H10N.C8H8O.C8H14.C6H14.11C2H6/c1-2-10-18(9-1)15(19-11-3-4-12-19,20-13-5-7-16-20)21-14-6-8-17-21;1-3-7-11(8-4-1)12-9-5-2-6-10-12;2*1-2-6-10(7-3-1)11-8-4-5-9-11;1-7(9)8-5-3-2-4-6-8;1-6(2)8(5)7(3)4;1-5-6(2,3)4;11*1-2/h1-3,5-14H,4H2;1-10H;2*1-8H,9H2;2-6H,1H3;1H2,2-5H3;5H2,1-4H3;11*1-2H3/q;;2*+1;;;;;;;;;;;;;;. The van der Waals surface area contributed by atoms with Crippen molar-refractivity contribution in [2.45, 2.75) is 227 Å². The maximum atomic E-state index is 10.6. The van der Waals surface area contributed by atoms with Gasteiger partial charge in [0.05, 0.1) is 0 Å². The van der Waals surface area contributed by atoms with Crippen LogP contribution in [0.3, 0.4) is 0 Å². The molecule has 11 rings (SSSR count). The summed E-state index contributed by atoms with van der Waals surface area (Å²) < 4.78 is 12.7. The first-order chi connectivity index (χ1) is 48.7. The summed E-state index contributed by atoms with van der Waals surface area (Å²) in [7, 11) is 0. The van der Waals surface area contributed by atoms with Gasteiger partial charge in [0.15, 0.2) is 31.3 Å². The minimum absolute atomic E-state index is 0.121. The third-order valence-corrected chi connectivity index (χ3v) is 13.0. The molecule has 3 aliphatic heterocycles. The lowest BCUT2D eigenvalue weighted by Gasteiger charge is -2.36. The Balaban J connectivity index is -0.000000197. The number of rotatable bonds is 9.